The van der Waals surface area contributed by atoms with Gasteiger partial charge in [-0.1, -0.05) is 91.9 Å². The van der Waals surface area contributed by atoms with Crippen LogP contribution in [0, 0.1) is 5.41 Å². The maximum atomic E-state index is 15.1. The van der Waals surface area contributed by atoms with E-state index in [1.807, 2.05) is 24.3 Å². The van der Waals surface area contributed by atoms with Gasteiger partial charge in [0.05, 0.1) is 55.8 Å². The first-order valence-electron chi connectivity index (χ1n) is 37.1. The topological polar surface area (TPSA) is 590 Å². The number of carbonyl (C=O) groups excluding carboxylic acids is 14. The minimum absolute atomic E-state index is 0.0174. The highest BCUT2D eigenvalue weighted by atomic mass is 32.2. The zero-order valence-electron chi connectivity index (χ0n) is 64.1. The van der Waals surface area contributed by atoms with Gasteiger partial charge in [-0.25, -0.2) is 15.0 Å². The van der Waals surface area contributed by atoms with Crippen LogP contribution in [0.2, 0.25) is 0 Å². The van der Waals surface area contributed by atoms with E-state index in [0.29, 0.717) is 27.8 Å². The van der Waals surface area contributed by atoms with Gasteiger partial charge in [-0.05, 0) is 65.8 Å². The molecule has 4 aromatic carbocycles. The maximum Gasteiger partial charge on any atom is 0.245 e. The molecule has 4 heterocycles. The van der Waals surface area contributed by atoms with E-state index in [-0.39, 0.29) is 87.2 Å². The largest absolute Gasteiger partial charge is 0.508 e. The molecule has 40 heteroatoms. The predicted molar refractivity (Wildman–Crippen MR) is 422 cm³/mol. The molecule has 1 saturated heterocycles. The highest BCUT2D eigenvalue weighted by Crippen LogP contribution is 2.22. The smallest absolute Gasteiger partial charge is 0.245 e. The number of aliphatic hydroxyl groups is 1. The fraction of sp³-hybridized carbons (Fsp3) is 0.395. The van der Waals surface area contributed by atoms with Crippen LogP contribution in [0.25, 0.3) is 10.8 Å². The number of thioether (sulfide) groups is 1. The molecule has 1 aliphatic rings. The fourth-order valence-electron chi connectivity index (χ4n) is 12.4. The number of nitrogens with zero attached hydrogens (tertiary/aromatic N) is 5. The van der Waals surface area contributed by atoms with Crippen LogP contribution in [-0.2, 0) is 113 Å². The lowest BCUT2D eigenvalue weighted by Gasteiger charge is -2.33. The second-order valence-electron chi connectivity index (χ2n) is 27.5. The maximum absolute atomic E-state index is 15.1. The predicted octanol–water partition coefficient (Wildman–Crippen LogP) is -4.69. The van der Waals surface area contributed by atoms with Crippen LogP contribution in [0.5, 0.6) is 5.75 Å². The number of phenols is 1. The third kappa shape index (κ3) is 27.0. The standard InChI is InChI=1S/C76H97N23O16S/c1-5-52-68(108)94-55(27-46-17-11-16-45-15-9-10-18-51(45)46)71(111)95-56(28-47-31-80-39-86-47)66(106)85-35-63(103)90-59(36-100)73(113)92-53(19-12-24-83-76(78)79)75(115)99(4)61(26-44-20-22-50(101)23-21-44)74(114)96-57(29-48-32-81-40-87-48)69(109)88-42(2)65(105)93-58(30-49-33-82-41-98(49)3)72(112)97-60(67(107)84-34-62(77)102)37-116-38-64(104)89-54(70(110)91-52)25-43-13-7-6-8-14-43/h6-11,13-18,20-23,31-33,39-42,52-61,100-101H,5,12,19,24-30,34-38H2,1-4H3,(H2,77,102)(H,80,86)(H,81,87)(H,84,107)(H,85,106)(H,88,109)(H,89,104)(H,90,103)(H,91,110)(H,92,113)(H,93,105)(H,94,108)(H,95,111)(H,96,114)(H,97,112)(H4,78,79,83)/t42-,52+,53+,54+,55+,56+,57+,58+,59+,60+,61+/m1/s1. The number of imidazole rings is 3. The van der Waals surface area contributed by atoms with E-state index in [2.05, 4.69) is 94.0 Å². The number of nitrogens with one attached hydrogen (secondary N) is 16. The summed E-state index contributed by atoms with van der Waals surface area (Å²) in [5, 5.41) is 63.8. The second kappa shape index (κ2) is 43.7. The summed E-state index contributed by atoms with van der Waals surface area (Å²) < 4.78 is 1.54. The van der Waals surface area contributed by atoms with Gasteiger partial charge in [0.25, 0.3) is 0 Å². The molecule has 116 heavy (non-hydrogen) atoms. The van der Waals surface area contributed by atoms with E-state index in [4.69, 9.17) is 16.9 Å². The monoisotopic (exact) mass is 1620 g/mol. The zero-order valence-corrected chi connectivity index (χ0v) is 64.9. The van der Waals surface area contributed by atoms with Crippen molar-refractivity contribution in [2.75, 3.05) is 44.8 Å². The summed E-state index contributed by atoms with van der Waals surface area (Å²) in [5.41, 5.74) is 13.4. The molecule has 0 bridgehead atoms. The van der Waals surface area contributed by atoms with Crippen molar-refractivity contribution >= 4 is 111 Å². The number of benzene rings is 4. The van der Waals surface area contributed by atoms with Crippen molar-refractivity contribution in [3.8, 4) is 5.75 Å². The van der Waals surface area contributed by atoms with Crippen molar-refractivity contribution in [2.24, 2.45) is 18.5 Å². The summed E-state index contributed by atoms with van der Waals surface area (Å²) in [4.78, 5) is 221. The van der Waals surface area contributed by atoms with Crippen molar-refractivity contribution in [3.05, 3.63) is 168 Å². The summed E-state index contributed by atoms with van der Waals surface area (Å²) in [7, 11) is 2.83. The normalized spacial score (nSPS) is 22.3. The summed E-state index contributed by atoms with van der Waals surface area (Å²) in [6.07, 6.45) is 6.44. The van der Waals surface area contributed by atoms with Gasteiger partial charge in [0.2, 0.25) is 82.7 Å². The van der Waals surface area contributed by atoms with Crippen molar-refractivity contribution in [2.45, 2.75) is 138 Å². The molecule has 0 unspecified atom stereocenters. The Morgan fingerprint density at radius 1 is 0.578 bits per heavy atom. The third-order valence-corrected chi connectivity index (χ3v) is 19.8. The molecule has 0 spiro atoms. The van der Waals surface area contributed by atoms with Crippen molar-refractivity contribution < 1.29 is 77.3 Å². The molecule has 39 nitrogen and oxygen atoms in total. The Kier molecular flexibility index (Phi) is 33.2. The average Bonchev–Trinajstić information content (AvgIpc) is 1.22. The molecule has 7 aromatic rings. The van der Waals surface area contributed by atoms with Gasteiger partial charge in [-0.2, -0.15) is 0 Å². The van der Waals surface area contributed by atoms with E-state index in [9.17, 15) is 63.0 Å². The molecular formula is C76H97N23O16S. The third-order valence-electron chi connectivity index (χ3n) is 18.8. The first-order valence-corrected chi connectivity index (χ1v) is 38.3. The number of hydrogen-bond donors (Lipinski definition) is 20. The number of nitrogens with two attached hydrogens (primary N) is 2. The van der Waals surface area contributed by atoms with Crippen molar-refractivity contribution in [3.63, 3.8) is 0 Å². The van der Waals surface area contributed by atoms with Crippen LogP contribution < -0.4 is 80.6 Å². The Bertz CT molecular complexity index is 4580. The first kappa shape index (κ1) is 88.3. The number of aromatic nitrogens is 6. The molecule has 0 aliphatic carbocycles. The molecule has 0 saturated carbocycles. The van der Waals surface area contributed by atoms with Crippen molar-refractivity contribution in [1.82, 2.24) is 104 Å². The van der Waals surface area contributed by atoms with Gasteiger partial charge >= 0.3 is 0 Å². The number of likely N-dealkylation sites (N-methyl/N-ethyl adjacent to an activating group) is 1. The first-order chi connectivity index (χ1) is 55.6. The van der Waals surface area contributed by atoms with Crippen LogP contribution in [0.1, 0.15) is 66.9 Å². The van der Waals surface area contributed by atoms with Crippen LogP contribution >= 0.6 is 11.8 Å². The van der Waals surface area contributed by atoms with E-state index in [0.717, 1.165) is 22.0 Å². The van der Waals surface area contributed by atoms with E-state index >= 15 is 14.4 Å². The zero-order chi connectivity index (χ0) is 84.0. The number of carbonyl (C=O) groups is 14. The van der Waals surface area contributed by atoms with Crippen LogP contribution in [0.15, 0.2) is 135 Å². The molecule has 1 aliphatic heterocycles. The Morgan fingerprint density at radius 2 is 1.13 bits per heavy atom. The highest BCUT2D eigenvalue weighted by molar-refractivity contribution is 8.00. The Labute approximate surface area is 670 Å². The van der Waals surface area contributed by atoms with Crippen molar-refractivity contribution in [1.29, 1.82) is 5.41 Å². The van der Waals surface area contributed by atoms with E-state index in [1.54, 1.807) is 67.1 Å². The number of aromatic amines is 2. The van der Waals surface area contributed by atoms with Crippen LogP contribution in [-0.4, -0.2) is 245 Å². The number of rotatable bonds is 21. The van der Waals surface area contributed by atoms with Gasteiger partial charge in [0.1, 0.15) is 72.2 Å². The van der Waals surface area contributed by atoms with Gasteiger partial charge in [-0.15, -0.1) is 11.8 Å². The lowest BCUT2D eigenvalue weighted by Crippen LogP contribution is -2.61. The molecular weight excluding hydrogens is 1520 g/mol. The quantitative estimate of drug-likeness (QED) is 0.0183. The number of fused-ring (bicyclic) bond motifs is 1. The van der Waals surface area contributed by atoms with E-state index in [1.165, 1.54) is 75.8 Å². The molecule has 0 radical (unpaired) electrons. The number of aryl methyl sites for hydroxylation is 1. The van der Waals surface area contributed by atoms with Crippen LogP contribution in [0.4, 0.5) is 0 Å². The summed E-state index contributed by atoms with van der Waals surface area (Å²) in [6, 6.07) is 9.53. The number of aromatic hydroxyl groups is 1. The van der Waals surface area contributed by atoms with Gasteiger partial charge in [-0.3, -0.25) is 72.5 Å². The number of amides is 14. The Balaban J connectivity index is 1.16. The Morgan fingerprint density at radius 3 is 1.76 bits per heavy atom. The number of guanidine groups is 1. The second-order valence-corrected chi connectivity index (χ2v) is 28.5. The highest BCUT2D eigenvalue weighted by Gasteiger charge is 2.39. The number of primary amides is 1. The molecule has 14 amide bonds. The summed E-state index contributed by atoms with van der Waals surface area (Å²) in [6.45, 7) is 0.167. The van der Waals surface area contributed by atoms with Crippen LogP contribution in [0.3, 0.4) is 0 Å². The van der Waals surface area contributed by atoms with E-state index < -0.39 is 181 Å². The van der Waals surface area contributed by atoms with Gasteiger partial charge in [0.15, 0.2) is 5.96 Å². The molecule has 618 valence electrons. The van der Waals surface area contributed by atoms with Gasteiger partial charge < -0.3 is 110 Å². The number of aliphatic hydroxyl groups excluding tert-OH is 1. The number of hydrogen-bond acceptors (Lipinski definition) is 21. The molecule has 8 rings (SSSR count). The summed E-state index contributed by atoms with van der Waals surface area (Å²) in [5.74, 6) is -14.8. The molecule has 11 atom stereocenters. The fourth-order valence-corrected chi connectivity index (χ4v) is 13.3. The summed E-state index contributed by atoms with van der Waals surface area (Å²) >= 11 is 0.813. The minimum atomic E-state index is -1.83. The lowest BCUT2D eigenvalue weighted by molar-refractivity contribution is -0.143. The lowest BCUT2D eigenvalue weighted by atomic mass is 9.97. The molecule has 3 aromatic heterocycles. The minimum Gasteiger partial charge on any atom is -0.508 e. The SMILES string of the molecule is CC[C@@H]1NC(=O)[C@H](Cc2ccccc2)NC(=O)CSC[C@@H](C(=O)NCC(N)=O)NC(=O)[C@H](Cc2cncn2C)NC(=O)[C@@H](C)NC(=O)[C@H](Cc2c[nH]cn2)NC(=O)[C@H](Cc2ccc(O)cc2)N(C)C(=O)[C@H](CCCNC(=N)N)NC(=O)[C@H](CO)NC(=O)CNC(=O)[C@H](Cc2c[nH]cn2)NC(=O)[C@H](Cc2cccc3ccccc23)NC1=O. The average molecular weight is 1620 g/mol. The number of phenolic OH excluding ortho intramolecular Hbond substituents is 1. The molecule has 1 fully saturated rings. The Hall–Kier alpha value is -13.3. The number of H-pyrrole nitrogens is 2. The van der Waals surface area contributed by atoms with Gasteiger partial charge in [0, 0.05) is 89.2 Å². The molecule has 22 N–H and O–H groups in total.